The summed E-state index contributed by atoms with van der Waals surface area (Å²) in [6.45, 7) is 0.484. The minimum atomic E-state index is -0.0883. The molecule has 0 bridgehead atoms. The van der Waals surface area contributed by atoms with Crippen molar-refractivity contribution in [3.8, 4) is 5.75 Å². The summed E-state index contributed by atoms with van der Waals surface area (Å²) >= 11 is 9.16. The maximum absolute atomic E-state index is 11.8. The number of phenols is 1. The van der Waals surface area contributed by atoms with Crippen molar-refractivity contribution in [1.82, 2.24) is 5.32 Å². The Bertz CT molecular complexity index is 614. The van der Waals surface area contributed by atoms with Crippen LogP contribution in [-0.4, -0.2) is 11.0 Å². The molecule has 104 valence electrons. The number of hydrogen-bond acceptors (Lipinski definition) is 2. The van der Waals surface area contributed by atoms with E-state index in [4.69, 9.17) is 11.6 Å². The number of hydrogen-bond donors (Lipinski definition) is 2. The Morgan fingerprint density at radius 3 is 2.45 bits per heavy atom. The number of carbonyl (C=O) groups excluding carboxylic acids is 1. The largest absolute Gasteiger partial charge is 0.506 e. The summed E-state index contributed by atoms with van der Waals surface area (Å²) in [7, 11) is 0. The third-order valence-electron chi connectivity index (χ3n) is 2.78. The predicted octanol–water partition coefficient (Wildman–Crippen LogP) is 3.67. The molecule has 0 spiro atoms. The van der Waals surface area contributed by atoms with Crippen molar-refractivity contribution in [2.75, 3.05) is 0 Å². The van der Waals surface area contributed by atoms with Gasteiger partial charge in [0.15, 0.2) is 0 Å². The maximum Gasteiger partial charge on any atom is 0.224 e. The molecule has 3 nitrogen and oxygen atoms in total. The van der Waals surface area contributed by atoms with Crippen LogP contribution in [0.4, 0.5) is 0 Å². The highest BCUT2D eigenvalue weighted by Crippen LogP contribution is 2.23. The Balaban J connectivity index is 1.89. The minimum absolute atomic E-state index is 0.0192. The van der Waals surface area contributed by atoms with Crippen LogP contribution < -0.4 is 5.32 Å². The van der Waals surface area contributed by atoms with Crippen molar-refractivity contribution < 1.29 is 9.90 Å². The molecule has 2 N–H and O–H groups in total. The van der Waals surface area contributed by atoms with Gasteiger partial charge in [-0.3, -0.25) is 4.79 Å². The van der Waals surface area contributed by atoms with Gasteiger partial charge in [0.1, 0.15) is 5.75 Å². The fourth-order valence-corrected chi connectivity index (χ4v) is 2.18. The van der Waals surface area contributed by atoms with Crippen molar-refractivity contribution in [1.29, 1.82) is 0 Å². The minimum Gasteiger partial charge on any atom is -0.506 e. The lowest BCUT2D eigenvalue weighted by molar-refractivity contribution is -0.120. The summed E-state index contributed by atoms with van der Waals surface area (Å²) in [5, 5.41) is 12.4. The summed E-state index contributed by atoms with van der Waals surface area (Å²) in [5.74, 6) is -0.0691. The highest BCUT2D eigenvalue weighted by Gasteiger charge is 2.06. The summed E-state index contributed by atoms with van der Waals surface area (Å²) < 4.78 is 1.01. The number of amides is 1. The molecular formula is C15H13BrClNO2. The fourth-order valence-electron chi connectivity index (χ4n) is 1.71. The van der Waals surface area contributed by atoms with Gasteiger partial charge in [-0.1, -0.05) is 45.7 Å². The molecule has 0 atom stereocenters. The smallest absolute Gasteiger partial charge is 0.224 e. The van der Waals surface area contributed by atoms with Crippen LogP contribution >= 0.6 is 27.5 Å². The first kappa shape index (κ1) is 14.9. The molecule has 0 unspecified atom stereocenters. The van der Waals surface area contributed by atoms with Gasteiger partial charge in [0.05, 0.1) is 11.4 Å². The van der Waals surface area contributed by atoms with Gasteiger partial charge in [-0.25, -0.2) is 0 Å². The summed E-state index contributed by atoms with van der Waals surface area (Å²) in [4.78, 5) is 11.8. The van der Waals surface area contributed by atoms with Gasteiger partial charge in [-0.05, 0) is 35.4 Å². The molecule has 0 radical (unpaired) electrons. The Kier molecular flexibility index (Phi) is 5.04. The van der Waals surface area contributed by atoms with Gasteiger partial charge in [-0.15, -0.1) is 0 Å². The number of halogens is 2. The predicted molar refractivity (Wildman–Crippen MR) is 82.8 cm³/mol. The van der Waals surface area contributed by atoms with Crippen LogP contribution in [0, 0.1) is 0 Å². The molecule has 0 aliphatic heterocycles. The average molecular weight is 355 g/mol. The van der Waals surface area contributed by atoms with Crippen LogP contribution in [0.2, 0.25) is 5.02 Å². The lowest BCUT2D eigenvalue weighted by Gasteiger charge is -2.06. The van der Waals surface area contributed by atoms with E-state index in [9.17, 15) is 9.90 Å². The van der Waals surface area contributed by atoms with E-state index in [1.165, 1.54) is 6.07 Å². The first-order valence-corrected chi connectivity index (χ1v) is 7.20. The number of carbonyl (C=O) groups is 1. The maximum atomic E-state index is 11.8. The number of nitrogens with one attached hydrogen (secondary N) is 1. The van der Waals surface area contributed by atoms with Crippen molar-refractivity contribution in [2.24, 2.45) is 0 Å². The van der Waals surface area contributed by atoms with Crippen molar-refractivity contribution in [2.45, 2.75) is 13.0 Å². The second kappa shape index (κ2) is 6.77. The molecule has 0 saturated carbocycles. The van der Waals surface area contributed by atoms with Crippen LogP contribution in [-0.2, 0) is 17.8 Å². The van der Waals surface area contributed by atoms with E-state index in [0.29, 0.717) is 6.54 Å². The SMILES string of the molecule is O=C(Cc1ccc(O)c(Cl)c1)NCc1ccc(Br)cc1. The molecule has 5 heteroatoms. The van der Waals surface area contributed by atoms with E-state index >= 15 is 0 Å². The molecule has 2 aromatic rings. The standard InChI is InChI=1S/C15H13BrClNO2/c16-12-4-1-10(2-5-12)9-18-15(20)8-11-3-6-14(19)13(17)7-11/h1-7,19H,8-9H2,(H,18,20). The second-order valence-corrected chi connectivity index (χ2v) is 5.69. The van der Waals surface area contributed by atoms with E-state index in [2.05, 4.69) is 21.2 Å². The lowest BCUT2D eigenvalue weighted by Crippen LogP contribution is -2.24. The molecule has 0 aliphatic rings. The first-order valence-electron chi connectivity index (χ1n) is 6.03. The zero-order valence-corrected chi connectivity index (χ0v) is 12.9. The van der Waals surface area contributed by atoms with Crippen LogP contribution in [0.5, 0.6) is 5.75 Å². The van der Waals surface area contributed by atoms with E-state index in [-0.39, 0.29) is 23.1 Å². The van der Waals surface area contributed by atoms with Gasteiger partial charge in [-0.2, -0.15) is 0 Å². The fraction of sp³-hybridized carbons (Fsp3) is 0.133. The number of phenolic OH excluding ortho intramolecular Hbond substituents is 1. The summed E-state index contributed by atoms with van der Waals surface area (Å²) in [5.41, 5.74) is 1.80. The molecule has 0 heterocycles. The van der Waals surface area contributed by atoms with E-state index in [0.717, 1.165) is 15.6 Å². The molecule has 0 saturated heterocycles. The Labute approximate surface area is 130 Å². The molecule has 0 aliphatic carbocycles. The highest BCUT2D eigenvalue weighted by molar-refractivity contribution is 9.10. The van der Waals surface area contributed by atoms with Crippen LogP contribution in [0.25, 0.3) is 0 Å². The molecule has 0 aromatic heterocycles. The molecule has 2 aromatic carbocycles. The van der Waals surface area contributed by atoms with Gasteiger partial charge in [0, 0.05) is 11.0 Å². The molecule has 20 heavy (non-hydrogen) atoms. The van der Waals surface area contributed by atoms with E-state index < -0.39 is 0 Å². The number of aromatic hydroxyl groups is 1. The number of rotatable bonds is 4. The van der Waals surface area contributed by atoms with Crippen LogP contribution in [0.3, 0.4) is 0 Å². The second-order valence-electron chi connectivity index (χ2n) is 4.37. The third-order valence-corrected chi connectivity index (χ3v) is 3.61. The summed E-state index contributed by atoms with van der Waals surface area (Å²) in [6, 6.07) is 12.5. The summed E-state index contributed by atoms with van der Waals surface area (Å²) in [6.07, 6.45) is 0.233. The van der Waals surface area contributed by atoms with E-state index in [1.54, 1.807) is 12.1 Å². The lowest BCUT2D eigenvalue weighted by atomic mass is 10.1. The third kappa shape index (κ3) is 4.25. The first-order chi connectivity index (χ1) is 9.54. The monoisotopic (exact) mass is 353 g/mol. The Morgan fingerprint density at radius 2 is 1.80 bits per heavy atom. The van der Waals surface area contributed by atoms with Gasteiger partial charge in [0.25, 0.3) is 0 Å². The van der Waals surface area contributed by atoms with Crippen LogP contribution in [0.1, 0.15) is 11.1 Å². The van der Waals surface area contributed by atoms with Crippen LogP contribution in [0.15, 0.2) is 46.9 Å². The normalized spacial score (nSPS) is 10.3. The quantitative estimate of drug-likeness (QED) is 0.880. The molecule has 1 amide bonds. The zero-order valence-electron chi connectivity index (χ0n) is 10.6. The van der Waals surface area contributed by atoms with Crippen molar-refractivity contribution >= 4 is 33.4 Å². The van der Waals surface area contributed by atoms with Gasteiger partial charge in [0.2, 0.25) is 5.91 Å². The Hall–Kier alpha value is -1.52. The average Bonchev–Trinajstić information content (AvgIpc) is 2.42. The van der Waals surface area contributed by atoms with Gasteiger partial charge >= 0.3 is 0 Å². The van der Waals surface area contributed by atoms with Crippen molar-refractivity contribution in [3.05, 3.63) is 63.1 Å². The van der Waals surface area contributed by atoms with Gasteiger partial charge < -0.3 is 10.4 Å². The molecular weight excluding hydrogens is 342 g/mol. The van der Waals surface area contributed by atoms with Crippen molar-refractivity contribution in [3.63, 3.8) is 0 Å². The highest BCUT2D eigenvalue weighted by atomic mass is 79.9. The molecule has 2 rings (SSSR count). The van der Waals surface area contributed by atoms with E-state index in [1.807, 2.05) is 24.3 Å². The molecule has 0 fully saturated rings. The zero-order chi connectivity index (χ0) is 14.5. The Morgan fingerprint density at radius 1 is 1.15 bits per heavy atom. The topological polar surface area (TPSA) is 49.3 Å². The number of benzene rings is 2.